The van der Waals surface area contributed by atoms with Gasteiger partial charge in [0, 0.05) is 5.56 Å². The summed E-state index contributed by atoms with van der Waals surface area (Å²) < 4.78 is 10.1. The first kappa shape index (κ1) is 16.4. The van der Waals surface area contributed by atoms with E-state index in [1.54, 1.807) is 62.8 Å². The Labute approximate surface area is 139 Å². The molecule has 5 heteroatoms. The Morgan fingerprint density at radius 3 is 1.55 bits per heavy atom. The third-order valence-corrected chi connectivity index (χ3v) is 3.52. The van der Waals surface area contributed by atoms with Crippen molar-refractivity contribution in [3.05, 3.63) is 64.1 Å². The van der Waals surface area contributed by atoms with Crippen LogP contribution in [0.5, 0.6) is 11.5 Å². The van der Waals surface area contributed by atoms with E-state index in [0.29, 0.717) is 22.6 Å². The summed E-state index contributed by atoms with van der Waals surface area (Å²) >= 11 is 11.8. The monoisotopic (exact) mass is 336 g/mol. The minimum absolute atomic E-state index is 0.0778. The fraction of sp³-hybridized carbons (Fsp3) is 0.118. The summed E-state index contributed by atoms with van der Waals surface area (Å²) in [5, 5.41) is 0. The number of benzene rings is 2. The van der Waals surface area contributed by atoms with E-state index in [9.17, 15) is 4.79 Å². The summed E-state index contributed by atoms with van der Waals surface area (Å²) in [5.74, 6) is 1.10. The van der Waals surface area contributed by atoms with Crippen LogP contribution in [0.25, 0.3) is 5.57 Å². The van der Waals surface area contributed by atoms with E-state index in [0.717, 1.165) is 0 Å². The van der Waals surface area contributed by atoms with Crippen molar-refractivity contribution in [3.8, 4) is 11.5 Å². The first-order chi connectivity index (χ1) is 10.6. The molecule has 0 radical (unpaired) electrons. The number of ketones is 1. The Morgan fingerprint density at radius 2 is 1.18 bits per heavy atom. The van der Waals surface area contributed by atoms with Crippen LogP contribution in [0.2, 0.25) is 0 Å². The summed E-state index contributed by atoms with van der Waals surface area (Å²) in [4.78, 5) is 12.6. The highest BCUT2D eigenvalue weighted by molar-refractivity contribution is 6.62. The maximum absolute atomic E-state index is 12.6. The van der Waals surface area contributed by atoms with Gasteiger partial charge >= 0.3 is 0 Å². The number of hydrogen-bond acceptors (Lipinski definition) is 3. The lowest BCUT2D eigenvalue weighted by Gasteiger charge is -2.09. The van der Waals surface area contributed by atoms with Gasteiger partial charge in [-0.1, -0.05) is 35.3 Å². The van der Waals surface area contributed by atoms with Crippen molar-refractivity contribution in [2.24, 2.45) is 0 Å². The maximum Gasteiger partial charge on any atom is 0.196 e. The van der Waals surface area contributed by atoms with Gasteiger partial charge in [0.25, 0.3) is 0 Å². The second-order valence-corrected chi connectivity index (χ2v) is 5.37. The highest BCUT2D eigenvalue weighted by Crippen LogP contribution is 2.29. The first-order valence-corrected chi connectivity index (χ1v) is 7.21. The molecule has 0 aliphatic carbocycles. The molecule has 0 saturated carbocycles. The van der Waals surface area contributed by atoms with Gasteiger partial charge in [-0.05, 0) is 42.0 Å². The highest BCUT2D eigenvalue weighted by Gasteiger charge is 2.18. The van der Waals surface area contributed by atoms with E-state index >= 15 is 0 Å². The van der Waals surface area contributed by atoms with Crippen molar-refractivity contribution in [3.63, 3.8) is 0 Å². The zero-order valence-electron chi connectivity index (χ0n) is 12.1. The largest absolute Gasteiger partial charge is 0.497 e. The van der Waals surface area contributed by atoms with Gasteiger partial charge in [0.05, 0.1) is 19.8 Å². The van der Waals surface area contributed by atoms with Gasteiger partial charge < -0.3 is 9.47 Å². The van der Waals surface area contributed by atoms with Crippen LogP contribution in [0.3, 0.4) is 0 Å². The molecule has 2 aromatic rings. The number of carbonyl (C=O) groups excluding carboxylic acids is 1. The fourth-order valence-corrected chi connectivity index (χ4v) is 2.36. The number of hydrogen-bond donors (Lipinski definition) is 0. The third kappa shape index (κ3) is 3.62. The van der Waals surface area contributed by atoms with Crippen molar-refractivity contribution in [2.45, 2.75) is 0 Å². The van der Waals surface area contributed by atoms with E-state index in [4.69, 9.17) is 32.7 Å². The lowest BCUT2D eigenvalue weighted by molar-refractivity contribution is 0.105. The summed E-state index contributed by atoms with van der Waals surface area (Å²) in [7, 11) is 3.14. The van der Waals surface area contributed by atoms with Crippen LogP contribution in [-0.4, -0.2) is 20.0 Å². The first-order valence-electron chi connectivity index (χ1n) is 6.45. The van der Waals surface area contributed by atoms with Crippen molar-refractivity contribution in [1.29, 1.82) is 0 Å². The number of methoxy groups -OCH3 is 2. The maximum atomic E-state index is 12.6. The average Bonchev–Trinajstić information content (AvgIpc) is 2.55. The molecule has 0 unspecified atom stereocenters. The Bertz CT molecular complexity index is 685. The molecule has 3 nitrogen and oxygen atoms in total. The van der Waals surface area contributed by atoms with Gasteiger partial charge in [-0.3, -0.25) is 4.79 Å². The number of carbonyl (C=O) groups is 1. The van der Waals surface area contributed by atoms with Crippen LogP contribution in [-0.2, 0) is 0 Å². The van der Waals surface area contributed by atoms with Crippen LogP contribution in [0.4, 0.5) is 0 Å². The lowest BCUT2D eigenvalue weighted by Crippen LogP contribution is -2.03. The zero-order chi connectivity index (χ0) is 16.1. The highest BCUT2D eigenvalue weighted by atomic mass is 35.5. The fourth-order valence-electron chi connectivity index (χ4n) is 1.97. The smallest absolute Gasteiger partial charge is 0.196 e. The summed E-state index contributed by atoms with van der Waals surface area (Å²) in [6, 6.07) is 13.7. The summed E-state index contributed by atoms with van der Waals surface area (Å²) in [5.41, 5.74) is 1.35. The predicted molar refractivity (Wildman–Crippen MR) is 88.9 cm³/mol. The number of Topliss-reactive ketones (excluding diaryl/α,β-unsaturated/α-hetero) is 1. The van der Waals surface area contributed by atoms with Gasteiger partial charge in [0.2, 0.25) is 0 Å². The van der Waals surface area contributed by atoms with Crippen molar-refractivity contribution < 1.29 is 14.3 Å². The summed E-state index contributed by atoms with van der Waals surface area (Å²) in [6.45, 7) is 0. The van der Waals surface area contributed by atoms with E-state index in [1.165, 1.54) is 0 Å². The van der Waals surface area contributed by atoms with E-state index in [-0.39, 0.29) is 15.8 Å². The number of allylic oxidation sites excluding steroid dienone is 1. The summed E-state index contributed by atoms with van der Waals surface area (Å²) in [6.07, 6.45) is 0. The predicted octanol–water partition coefficient (Wildman–Crippen LogP) is 4.73. The molecule has 2 aromatic carbocycles. The molecule has 0 amide bonds. The third-order valence-electron chi connectivity index (χ3n) is 3.15. The van der Waals surface area contributed by atoms with Crippen LogP contribution >= 0.6 is 23.2 Å². The molecule has 0 N–H and O–H groups in total. The van der Waals surface area contributed by atoms with E-state index < -0.39 is 0 Å². The van der Waals surface area contributed by atoms with Gasteiger partial charge in [-0.2, -0.15) is 0 Å². The lowest BCUT2D eigenvalue weighted by atomic mass is 9.98. The number of rotatable bonds is 5. The number of ether oxygens (including phenoxy) is 2. The van der Waals surface area contributed by atoms with Crippen molar-refractivity contribution in [2.75, 3.05) is 14.2 Å². The SMILES string of the molecule is COc1ccc(C(=O)C(=C(Cl)Cl)c2ccc(OC)cc2)cc1. The zero-order valence-corrected chi connectivity index (χ0v) is 13.6. The van der Waals surface area contributed by atoms with Crippen LogP contribution in [0, 0.1) is 0 Å². The van der Waals surface area contributed by atoms with Crippen LogP contribution < -0.4 is 9.47 Å². The molecule has 0 saturated heterocycles. The molecular formula is C17H14Cl2O3. The van der Waals surface area contributed by atoms with Crippen molar-refractivity contribution >= 4 is 34.6 Å². The van der Waals surface area contributed by atoms with Gasteiger partial charge in [0.1, 0.15) is 16.0 Å². The molecule has 0 bridgehead atoms. The Kier molecular flexibility index (Phi) is 5.47. The quantitative estimate of drug-likeness (QED) is 0.584. The molecule has 22 heavy (non-hydrogen) atoms. The Morgan fingerprint density at radius 1 is 0.773 bits per heavy atom. The second-order valence-electron chi connectivity index (χ2n) is 4.42. The minimum atomic E-state index is -0.257. The molecule has 0 aliphatic rings. The molecule has 2 rings (SSSR count). The molecule has 0 aromatic heterocycles. The topological polar surface area (TPSA) is 35.5 Å². The molecule has 0 aliphatic heterocycles. The average molecular weight is 337 g/mol. The van der Waals surface area contributed by atoms with Crippen LogP contribution in [0.15, 0.2) is 53.0 Å². The number of halogens is 2. The van der Waals surface area contributed by atoms with Crippen molar-refractivity contribution in [1.82, 2.24) is 0 Å². The van der Waals surface area contributed by atoms with E-state index in [2.05, 4.69) is 0 Å². The van der Waals surface area contributed by atoms with E-state index in [1.807, 2.05) is 0 Å². The van der Waals surface area contributed by atoms with Gasteiger partial charge in [-0.25, -0.2) is 0 Å². The molecule has 0 atom stereocenters. The molecule has 0 spiro atoms. The molecule has 114 valence electrons. The standard InChI is InChI=1S/C17H14Cl2O3/c1-21-13-7-3-11(4-8-13)15(17(18)19)16(20)12-5-9-14(22-2)10-6-12/h3-10H,1-2H3. The Balaban J connectivity index is 2.38. The second kappa shape index (κ2) is 7.34. The van der Waals surface area contributed by atoms with Crippen LogP contribution in [0.1, 0.15) is 15.9 Å². The minimum Gasteiger partial charge on any atom is -0.497 e. The molecular weight excluding hydrogens is 323 g/mol. The van der Waals surface area contributed by atoms with Gasteiger partial charge in [0.15, 0.2) is 5.78 Å². The Hall–Kier alpha value is -1.97. The normalized spacial score (nSPS) is 10.0. The molecule has 0 heterocycles. The molecule has 0 fully saturated rings. The van der Waals surface area contributed by atoms with Gasteiger partial charge in [-0.15, -0.1) is 0 Å².